The van der Waals surface area contributed by atoms with E-state index >= 15 is 0 Å². The lowest BCUT2D eigenvalue weighted by Crippen LogP contribution is -2.36. The summed E-state index contributed by atoms with van der Waals surface area (Å²) >= 11 is 6.12. The van der Waals surface area contributed by atoms with Crippen molar-refractivity contribution in [1.29, 1.82) is 0 Å². The molecule has 0 bridgehead atoms. The number of fused-ring (bicyclic) bond motifs is 1. The lowest BCUT2D eigenvalue weighted by molar-refractivity contribution is -0.123. The molecule has 0 spiro atoms. The van der Waals surface area contributed by atoms with Gasteiger partial charge in [-0.3, -0.25) is 19.4 Å². The SMILES string of the molecule is COc1ccc(Nc2nc3c(c(=O)[nH]2)[C@@H](C(=O)Nc2cccc(Cl)c2C)CC(=O)N3)cc1. The Hall–Kier alpha value is -3.85. The molecule has 9 nitrogen and oxygen atoms in total. The molecule has 3 aromatic rings. The van der Waals surface area contributed by atoms with E-state index < -0.39 is 23.3 Å². The van der Waals surface area contributed by atoms with Crippen LogP contribution < -0.4 is 26.2 Å². The van der Waals surface area contributed by atoms with Crippen LogP contribution >= 0.6 is 11.6 Å². The maximum absolute atomic E-state index is 13.0. The van der Waals surface area contributed by atoms with Crippen LogP contribution in [0.4, 0.5) is 23.1 Å². The molecule has 10 heteroatoms. The van der Waals surface area contributed by atoms with E-state index in [-0.39, 0.29) is 23.8 Å². The van der Waals surface area contributed by atoms with Gasteiger partial charge in [0.05, 0.1) is 18.6 Å². The predicted octanol–water partition coefficient (Wildman–Crippen LogP) is 3.55. The average Bonchev–Trinajstić information content (AvgIpc) is 2.76. The van der Waals surface area contributed by atoms with Crippen molar-refractivity contribution in [2.45, 2.75) is 19.3 Å². The number of amides is 2. The number of hydrogen-bond acceptors (Lipinski definition) is 6. The van der Waals surface area contributed by atoms with Gasteiger partial charge in [0.25, 0.3) is 5.56 Å². The average molecular weight is 454 g/mol. The summed E-state index contributed by atoms with van der Waals surface area (Å²) in [6.07, 6.45) is -0.172. The Balaban J connectivity index is 1.63. The monoisotopic (exact) mass is 453 g/mol. The Kier molecular flexibility index (Phi) is 5.83. The number of rotatable bonds is 5. The Bertz CT molecular complexity index is 1260. The second-order valence-electron chi connectivity index (χ2n) is 7.24. The van der Waals surface area contributed by atoms with Crippen LogP contribution in [-0.4, -0.2) is 28.9 Å². The summed E-state index contributed by atoms with van der Waals surface area (Å²) in [6, 6.07) is 12.1. The number of H-pyrrole nitrogens is 1. The van der Waals surface area contributed by atoms with Crippen molar-refractivity contribution in [3.05, 3.63) is 69.0 Å². The molecule has 2 aromatic carbocycles. The van der Waals surface area contributed by atoms with Gasteiger partial charge in [0.15, 0.2) is 0 Å². The topological polar surface area (TPSA) is 125 Å². The Morgan fingerprint density at radius 1 is 1.19 bits per heavy atom. The summed E-state index contributed by atoms with van der Waals surface area (Å²) in [5.41, 5.74) is 1.43. The highest BCUT2D eigenvalue weighted by Gasteiger charge is 2.35. The van der Waals surface area contributed by atoms with Crippen LogP contribution in [0.1, 0.15) is 23.5 Å². The molecule has 0 unspecified atom stereocenters. The predicted molar refractivity (Wildman–Crippen MR) is 122 cm³/mol. The van der Waals surface area contributed by atoms with Gasteiger partial charge in [-0.05, 0) is 48.9 Å². The quantitative estimate of drug-likeness (QED) is 0.468. The zero-order chi connectivity index (χ0) is 22.8. The third-order valence-electron chi connectivity index (χ3n) is 5.15. The molecular formula is C22H20ClN5O4. The van der Waals surface area contributed by atoms with E-state index in [0.717, 1.165) is 0 Å². The standard InChI is InChI=1S/C22H20ClN5O4/c1-11-15(23)4-3-5-16(11)25-20(30)14-10-17(29)26-19-18(14)21(31)28-22(27-19)24-12-6-8-13(32-2)9-7-12/h3-9,14H,10H2,1-2H3,(H,25,30)(H3,24,26,27,28,29,31)/t14-/m0/s1. The minimum Gasteiger partial charge on any atom is -0.497 e. The van der Waals surface area contributed by atoms with Crippen LogP contribution in [0.3, 0.4) is 0 Å². The maximum Gasteiger partial charge on any atom is 0.258 e. The molecule has 0 aliphatic carbocycles. The Morgan fingerprint density at radius 2 is 1.94 bits per heavy atom. The number of aromatic nitrogens is 2. The van der Waals surface area contributed by atoms with Crippen molar-refractivity contribution in [2.75, 3.05) is 23.1 Å². The molecule has 0 radical (unpaired) electrons. The molecule has 0 saturated heterocycles. The normalized spacial score (nSPS) is 14.8. The van der Waals surface area contributed by atoms with Crippen LogP contribution in [0, 0.1) is 6.92 Å². The van der Waals surface area contributed by atoms with Gasteiger partial charge in [-0.2, -0.15) is 4.98 Å². The van der Waals surface area contributed by atoms with E-state index in [0.29, 0.717) is 27.7 Å². The van der Waals surface area contributed by atoms with E-state index in [1.54, 1.807) is 56.5 Å². The molecule has 2 amide bonds. The lowest BCUT2D eigenvalue weighted by atomic mass is 9.92. The Labute approximate surface area is 188 Å². The van der Waals surface area contributed by atoms with Gasteiger partial charge in [0.2, 0.25) is 17.8 Å². The number of hydrogen-bond donors (Lipinski definition) is 4. The summed E-state index contributed by atoms with van der Waals surface area (Å²) in [6.45, 7) is 1.77. The smallest absolute Gasteiger partial charge is 0.258 e. The third kappa shape index (κ3) is 4.28. The fraction of sp³-hybridized carbons (Fsp3) is 0.182. The van der Waals surface area contributed by atoms with Crippen LogP contribution in [0.25, 0.3) is 0 Å². The van der Waals surface area contributed by atoms with Crippen molar-refractivity contribution >= 4 is 46.6 Å². The number of ether oxygens (including phenoxy) is 1. The van der Waals surface area contributed by atoms with E-state index in [4.69, 9.17) is 16.3 Å². The van der Waals surface area contributed by atoms with Gasteiger partial charge in [0, 0.05) is 22.8 Å². The van der Waals surface area contributed by atoms with Crippen molar-refractivity contribution in [2.24, 2.45) is 0 Å². The van der Waals surface area contributed by atoms with Crippen molar-refractivity contribution in [3.8, 4) is 5.75 Å². The first-order valence-corrected chi connectivity index (χ1v) is 10.1. The summed E-state index contributed by atoms with van der Waals surface area (Å²) in [5.74, 6) is -1.04. The van der Waals surface area contributed by atoms with E-state index in [9.17, 15) is 14.4 Å². The molecule has 164 valence electrons. The number of carbonyl (C=O) groups is 2. The minimum atomic E-state index is -0.997. The van der Waals surface area contributed by atoms with E-state index in [1.807, 2.05) is 0 Å². The van der Waals surface area contributed by atoms with Gasteiger partial charge < -0.3 is 20.7 Å². The third-order valence-corrected chi connectivity index (χ3v) is 5.56. The number of nitrogens with zero attached hydrogens (tertiary/aromatic N) is 1. The molecular weight excluding hydrogens is 434 g/mol. The van der Waals surface area contributed by atoms with Crippen LogP contribution in [-0.2, 0) is 9.59 Å². The maximum atomic E-state index is 13.0. The summed E-state index contributed by atoms with van der Waals surface area (Å²) in [4.78, 5) is 45.1. The number of halogens is 1. The van der Waals surface area contributed by atoms with Gasteiger partial charge in [0.1, 0.15) is 11.6 Å². The van der Waals surface area contributed by atoms with Crippen LogP contribution in [0.5, 0.6) is 5.75 Å². The molecule has 1 aliphatic heterocycles. The number of anilines is 4. The number of methoxy groups -OCH3 is 1. The van der Waals surface area contributed by atoms with Crippen molar-refractivity contribution in [3.63, 3.8) is 0 Å². The molecule has 1 aromatic heterocycles. The van der Waals surface area contributed by atoms with E-state index in [2.05, 4.69) is 25.9 Å². The molecule has 0 fully saturated rings. The highest BCUT2D eigenvalue weighted by molar-refractivity contribution is 6.31. The molecule has 1 aliphatic rings. The molecule has 32 heavy (non-hydrogen) atoms. The largest absolute Gasteiger partial charge is 0.497 e. The number of nitrogens with one attached hydrogen (secondary N) is 4. The lowest BCUT2D eigenvalue weighted by Gasteiger charge is -2.24. The summed E-state index contributed by atoms with van der Waals surface area (Å²) in [7, 11) is 1.56. The van der Waals surface area contributed by atoms with Crippen LogP contribution in [0.2, 0.25) is 5.02 Å². The fourth-order valence-electron chi connectivity index (χ4n) is 3.43. The first-order chi connectivity index (χ1) is 15.4. The van der Waals surface area contributed by atoms with Gasteiger partial charge in [-0.15, -0.1) is 0 Å². The Morgan fingerprint density at radius 3 is 2.66 bits per heavy atom. The number of benzene rings is 2. The first kappa shape index (κ1) is 21.4. The number of aromatic amines is 1. The van der Waals surface area contributed by atoms with Gasteiger partial charge in [-0.25, -0.2) is 0 Å². The zero-order valence-corrected chi connectivity index (χ0v) is 18.0. The zero-order valence-electron chi connectivity index (χ0n) is 17.3. The van der Waals surface area contributed by atoms with E-state index in [1.165, 1.54) is 0 Å². The number of carbonyl (C=O) groups excluding carboxylic acids is 2. The molecule has 4 rings (SSSR count). The molecule has 4 N–H and O–H groups in total. The van der Waals surface area contributed by atoms with Crippen molar-refractivity contribution < 1.29 is 14.3 Å². The van der Waals surface area contributed by atoms with Crippen LogP contribution in [0.15, 0.2) is 47.3 Å². The molecule has 0 saturated carbocycles. The summed E-state index contributed by atoms with van der Waals surface area (Å²) < 4.78 is 5.12. The fourth-order valence-corrected chi connectivity index (χ4v) is 3.60. The first-order valence-electron chi connectivity index (χ1n) is 9.77. The second-order valence-corrected chi connectivity index (χ2v) is 7.64. The second kappa shape index (κ2) is 8.72. The molecule has 2 heterocycles. The minimum absolute atomic E-state index is 0.0453. The van der Waals surface area contributed by atoms with Gasteiger partial charge in [-0.1, -0.05) is 17.7 Å². The summed E-state index contributed by atoms with van der Waals surface area (Å²) in [5, 5.41) is 8.81. The van der Waals surface area contributed by atoms with Crippen molar-refractivity contribution in [1.82, 2.24) is 9.97 Å². The molecule has 1 atom stereocenters. The highest BCUT2D eigenvalue weighted by Crippen LogP contribution is 2.31. The highest BCUT2D eigenvalue weighted by atomic mass is 35.5. The van der Waals surface area contributed by atoms with Gasteiger partial charge >= 0.3 is 0 Å².